The molecule has 5 saturated heterocycles. The number of carbonyl (C=O) groups excluding carboxylic acids is 3. The van der Waals surface area contributed by atoms with E-state index in [2.05, 4.69) is 0 Å². The van der Waals surface area contributed by atoms with Crippen LogP contribution >= 0.6 is 0 Å². The number of fused-ring (bicyclic) bond motifs is 1. The van der Waals surface area contributed by atoms with Crippen molar-refractivity contribution in [3.63, 3.8) is 0 Å². The highest BCUT2D eigenvalue weighted by molar-refractivity contribution is 5.91. The smallest absolute Gasteiger partial charge is 0.317 e. The van der Waals surface area contributed by atoms with Crippen molar-refractivity contribution >= 4 is 23.9 Å². The minimum atomic E-state index is -0.954. The molecule has 29 heavy (non-hydrogen) atoms. The Hall–Kier alpha value is -2.42. The van der Waals surface area contributed by atoms with Crippen molar-refractivity contribution in [3.05, 3.63) is 12.2 Å². The van der Waals surface area contributed by atoms with E-state index in [1.807, 2.05) is 12.2 Å². The van der Waals surface area contributed by atoms with Gasteiger partial charge in [0.15, 0.2) is 5.60 Å². The molecule has 1 aliphatic carbocycles. The van der Waals surface area contributed by atoms with Gasteiger partial charge in [0, 0.05) is 6.42 Å². The fraction of sp³-hybridized carbons (Fsp3) is 0.700. The molecule has 5 heterocycles. The molecule has 0 aromatic heterocycles. The van der Waals surface area contributed by atoms with Crippen molar-refractivity contribution in [2.75, 3.05) is 13.2 Å². The summed E-state index contributed by atoms with van der Waals surface area (Å²) in [6, 6.07) is 0. The van der Waals surface area contributed by atoms with Crippen LogP contribution in [-0.2, 0) is 38.1 Å². The van der Waals surface area contributed by atoms with Crippen LogP contribution in [0.25, 0.3) is 0 Å². The Labute approximate surface area is 166 Å². The molecular formula is C20H22O9. The molecule has 3 unspecified atom stereocenters. The van der Waals surface area contributed by atoms with Gasteiger partial charge in [0.25, 0.3) is 0 Å². The Morgan fingerprint density at radius 2 is 1.79 bits per heavy atom. The molecule has 156 valence electrons. The van der Waals surface area contributed by atoms with Crippen molar-refractivity contribution in [2.45, 2.75) is 62.3 Å². The largest absolute Gasteiger partial charge is 0.481 e. The molecule has 2 bridgehead atoms. The Morgan fingerprint density at radius 1 is 1.07 bits per heavy atom. The first-order valence-electron chi connectivity index (χ1n) is 9.88. The first kappa shape index (κ1) is 18.6. The molecule has 9 nitrogen and oxygen atoms in total. The van der Waals surface area contributed by atoms with Gasteiger partial charge in [-0.15, -0.1) is 0 Å². The van der Waals surface area contributed by atoms with Crippen LogP contribution < -0.4 is 0 Å². The van der Waals surface area contributed by atoms with Crippen molar-refractivity contribution in [1.29, 1.82) is 0 Å². The van der Waals surface area contributed by atoms with Crippen LogP contribution in [0.4, 0.5) is 0 Å². The molecule has 9 heteroatoms. The van der Waals surface area contributed by atoms with Crippen LogP contribution in [-0.4, -0.2) is 59.5 Å². The number of esters is 3. The van der Waals surface area contributed by atoms with E-state index in [1.165, 1.54) is 0 Å². The van der Waals surface area contributed by atoms with Gasteiger partial charge in [0.1, 0.15) is 29.6 Å². The quantitative estimate of drug-likeness (QED) is 0.404. The van der Waals surface area contributed by atoms with Gasteiger partial charge in [0.05, 0.1) is 18.9 Å². The van der Waals surface area contributed by atoms with Gasteiger partial charge >= 0.3 is 23.9 Å². The molecule has 0 amide bonds. The summed E-state index contributed by atoms with van der Waals surface area (Å²) in [5, 5.41) is 8.90. The van der Waals surface area contributed by atoms with Crippen LogP contribution in [0.3, 0.4) is 0 Å². The van der Waals surface area contributed by atoms with Crippen LogP contribution in [0.2, 0.25) is 0 Å². The molecule has 1 spiro atoms. The number of allylic oxidation sites excluding steroid dienone is 1. The Bertz CT molecular complexity index is 849. The van der Waals surface area contributed by atoms with E-state index in [0.29, 0.717) is 19.3 Å². The zero-order chi connectivity index (χ0) is 20.5. The van der Waals surface area contributed by atoms with Crippen LogP contribution in [0.5, 0.6) is 0 Å². The normalized spacial score (nSPS) is 45.5. The number of aliphatic carboxylic acids is 1. The topological polar surface area (TPSA) is 125 Å². The fourth-order valence-corrected chi connectivity index (χ4v) is 6.00. The predicted molar refractivity (Wildman–Crippen MR) is 92.3 cm³/mol. The van der Waals surface area contributed by atoms with E-state index in [4.69, 9.17) is 24.1 Å². The van der Waals surface area contributed by atoms with E-state index in [-0.39, 0.29) is 50.1 Å². The van der Waals surface area contributed by atoms with Gasteiger partial charge in [-0.05, 0) is 25.7 Å². The monoisotopic (exact) mass is 406 g/mol. The number of hydrogen-bond acceptors (Lipinski definition) is 8. The number of ether oxygens (including phenoxy) is 4. The molecule has 0 radical (unpaired) electrons. The summed E-state index contributed by atoms with van der Waals surface area (Å²) in [7, 11) is 0. The molecule has 0 aromatic rings. The van der Waals surface area contributed by atoms with E-state index in [1.54, 1.807) is 0 Å². The van der Waals surface area contributed by atoms with Gasteiger partial charge in [-0.1, -0.05) is 12.2 Å². The maximum Gasteiger partial charge on any atom is 0.317 e. The van der Waals surface area contributed by atoms with Crippen LogP contribution in [0, 0.1) is 10.8 Å². The molecule has 5 aliphatic heterocycles. The second kappa shape index (κ2) is 5.81. The Kier molecular flexibility index (Phi) is 3.73. The van der Waals surface area contributed by atoms with Crippen molar-refractivity contribution in [3.8, 4) is 0 Å². The van der Waals surface area contributed by atoms with E-state index < -0.39 is 28.0 Å². The number of carboxylic acid groups (broad SMARTS) is 1. The summed E-state index contributed by atoms with van der Waals surface area (Å²) >= 11 is 0. The van der Waals surface area contributed by atoms with Gasteiger partial charge in [-0.2, -0.15) is 0 Å². The number of hydrogen-bond donors (Lipinski definition) is 1. The molecule has 0 aromatic carbocycles. The summed E-state index contributed by atoms with van der Waals surface area (Å²) < 4.78 is 21.1. The maximum absolute atomic E-state index is 11.7. The predicted octanol–water partition coefficient (Wildman–Crippen LogP) is 0.891. The second-order valence-corrected chi connectivity index (χ2v) is 8.89. The third-order valence-corrected chi connectivity index (χ3v) is 7.53. The van der Waals surface area contributed by atoms with E-state index >= 15 is 0 Å². The summed E-state index contributed by atoms with van der Waals surface area (Å²) in [6.45, 7) is 0.456. The van der Waals surface area contributed by atoms with Gasteiger partial charge < -0.3 is 24.1 Å². The Balaban J connectivity index is 0.000000125. The fourth-order valence-electron chi connectivity index (χ4n) is 6.00. The van der Waals surface area contributed by atoms with Crippen molar-refractivity contribution in [2.24, 2.45) is 10.8 Å². The van der Waals surface area contributed by atoms with E-state index in [0.717, 1.165) is 12.8 Å². The highest BCUT2D eigenvalue weighted by Crippen LogP contribution is 2.61. The van der Waals surface area contributed by atoms with Gasteiger partial charge in [-0.25, -0.2) is 0 Å². The SMILES string of the molecule is O=C(O)CC12CC3CCC1(COC2=O)O3.O=C1C[C@]23CC=CC[C@]2(COC3=O)O1. The zero-order valence-electron chi connectivity index (χ0n) is 15.8. The lowest BCUT2D eigenvalue weighted by Crippen LogP contribution is -2.47. The summed E-state index contributed by atoms with van der Waals surface area (Å²) in [5.41, 5.74) is -2.93. The second-order valence-electron chi connectivity index (χ2n) is 8.89. The van der Waals surface area contributed by atoms with Crippen LogP contribution in [0.15, 0.2) is 12.2 Å². The van der Waals surface area contributed by atoms with Crippen molar-refractivity contribution < 1.29 is 43.2 Å². The molecule has 0 saturated carbocycles. The third-order valence-electron chi connectivity index (χ3n) is 7.53. The molecular weight excluding hydrogens is 384 g/mol. The highest BCUT2D eigenvalue weighted by Gasteiger charge is 2.72. The molecule has 5 atom stereocenters. The Morgan fingerprint density at radius 3 is 2.52 bits per heavy atom. The van der Waals surface area contributed by atoms with Crippen LogP contribution in [0.1, 0.15) is 44.9 Å². The number of cyclic esters (lactones) is 2. The summed E-state index contributed by atoms with van der Waals surface area (Å²) in [6.07, 6.45) is 7.30. The summed E-state index contributed by atoms with van der Waals surface area (Å²) in [4.78, 5) is 45.5. The standard InChI is InChI=1S/C10H12O5.C10H10O4/c11-7(12)4-9-3-6-1-2-10(9,15-6)5-14-8(9)13;11-7-5-9-3-1-2-4-10(9,14-7)6-13-8(9)12/h6H,1-5H2,(H,11,12);1-2H,3-6H2/t;9-,10+/m.0/s1. The average Bonchev–Trinajstić information content (AvgIpc) is 3.41. The zero-order valence-corrected chi connectivity index (χ0v) is 15.8. The van der Waals surface area contributed by atoms with Gasteiger partial charge in [-0.3, -0.25) is 19.2 Å². The lowest BCUT2D eigenvalue weighted by Gasteiger charge is -2.34. The minimum absolute atomic E-state index is 0.0530. The summed E-state index contributed by atoms with van der Waals surface area (Å²) in [5.74, 6) is -1.88. The lowest BCUT2D eigenvalue weighted by molar-refractivity contribution is -0.154. The van der Waals surface area contributed by atoms with Gasteiger partial charge in [0.2, 0.25) is 0 Å². The first-order chi connectivity index (χ1) is 13.8. The molecule has 1 N–H and O–H groups in total. The van der Waals surface area contributed by atoms with Crippen molar-refractivity contribution in [1.82, 2.24) is 0 Å². The number of rotatable bonds is 2. The average molecular weight is 406 g/mol. The highest BCUT2D eigenvalue weighted by atomic mass is 16.6. The minimum Gasteiger partial charge on any atom is -0.481 e. The first-order valence-corrected chi connectivity index (χ1v) is 9.88. The molecule has 6 rings (SSSR count). The third kappa shape index (κ3) is 2.25. The maximum atomic E-state index is 11.7. The number of carbonyl (C=O) groups is 4. The number of carboxylic acids is 1. The lowest BCUT2D eigenvalue weighted by atomic mass is 9.65. The molecule has 5 fully saturated rings. The van der Waals surface area contributed by atoms with E-state index in [9.17, 15) is 19.2 Å². The molecule has 6 aliphatic rings.